The molecule has 1 N–H and O–H groups in total. The number of carbonyl (C=O) groups excluding carboxylic acids is 1. The molecule has 6 heteroatoms. The molecule has 182 valence electrons. The van der Waals surface area contributed by atoms with Gasteiger partial charge in [-0.15, -0.1) is 0 Å². The predicted octanol–water partition coefficient (Wildman–Crippen LogP) is 6.23. The SMILES string of the molecule is O=C(/C=C(/CCc1ccccc1)c1cccc(C(F)(F)F)c1)N1CCC(O)(c2ccccc2)CC1. The van der Waals surface area contributed by atoms with E-state index in [0.29, 0.717) is 49.9 Å². The first-order valence-corrected chi connectivity index (χ1v) is 11.7. The molecule has 0 unspecified atom stereocenters. The maximum Gasteiger partial charge on any atom is 0.416 e. The molecule has 0 radical (unpaired) electrons. The zero-order valence-corrected chi connectivity index (χ0v) is 19.3. The maximum absolute atomic E-state index is 13.3. The highest BCUT2D eigenvalue weighted by molar-refractivity contribution is 5.95. The zero-order valence-electron chi connectivity index (χ0n) is 19.3. The molecule has 0 bridgehead atoms. The number of hydrogen-bond donors (Lipinski definition) is 1. The second-order valence-corrected chi connectivity index (χ2v) is 8.96. The first-order chi connectivity index (χ1) is 16.7. The molecule has 1 aliphatic rings. The molecule has 1 saturated heterocycles. The lowest BCUT2D eigenvalue weighted by atomic mass is 9.84. The van der Waals surface area contributed by atoms with Crippen LogP contribution in [-0.2, 0) is 23.0 Å². The van der Waals surface area contributed by atoms with Crippen molar-refractivity contribution in [2.24, 2.45) is 0 Å². The number of hydrogen-bond acceptors (Lipinski definition) is 2. The summed E-state index contributed by atoms with van der Waals surface area (Å²) in [7, 11) is 0. The third kappa shape index (κ3) is 6.20. The topological polar surface area (TPSA) is 40.5 Å². The van der Waals surface area contributed by atoms with Crippen molar-refractivity contribution < 1.29 is 23.1 Å². The number of allylic oxidation sites excluding steroid dienone is 1. The van der Waals surface area contributed by atoms with Crippen LogP contribution in [0.2, 0.25) is 0 Å². The molecule has 0 saturated carbocycles. The number of rotatable bonds is 6. The Kier molecular flexibility index (Phi) is 7.41. The Balaban J connectivity index is 1.54. The number of nitrogens with zero attached hydrogens (tertiary/aromatic N) is 1. The summed E-state index contributed by atoms with van der Waals surface area (Å²) in [5.41, 5.74) is 1.10. The van der Waals surface area contributed by atoms with E-state index < -0.39 is 17.3 Å². The normalized spacial score (nSPS) is 16.2. The Morgan fingerprint density at radius 1 is 0.914 bits per heavy atom. The Morgan fingerprint density at radius 3 is 2.17 bits per heavy atom. The van der Waals surface area contributed by atoms with E-state index in [1.54, 1.807) is 11.0 Å². The Bertz CT molecular complexity index is 1170. The Labute approximate surface area is 203 Å². The molecular formula is C29H28F3NO2. The van der Waals surface area contributed by atoms with E-state index in [1.165, 1.54) is 12.1 Å². The van der Waals surface area contributed by atoms with Gasteiger partial charge in [-0.1, -0.05) is 72.8 Å². The van der Waals surface area contributed by atoms with Crippen LogP contribution in [0.3, 0.4) is 0 Å². The first-order valence-electron chi connectivity index (χ1n) is 11.7. The quantitative estimate of drug-likeness (QED) is 0.426. The van der Waals surface area contributed by atoms with Crippen molar-refractivity contribution in [2.45, 2.75) is 37.5 Å². The number of alkyl halides is 3. The monoisotopic (exact) mass is 479 g/mol. The zero-order chi connectivity index (χ0) is 24.9. The Morgan fingerprint density at radius 2 is 1.54 bits per heavy atom. The highest BCUT2D eigenvalue weighted by Gasteiger charge is 2.35. The number of piperidine rings is 1. The highest BCUT2D eigenvalue weighted by Crippen LogP contribution is 2.34. The van der Waals surface area contributed by atoms with Crippen LogP contribution >= 0.6 is 0 Å². The van der Waals surface area contributed by atoms with E-state index in [4.69, 9.17) is 0 Å². The van der Waals surface area contributed by atoms with Gasteiger partial charge in [-0.05, 0) is 60.1 Å². The van der Waals surface area contributed by atoms with Gasteiger partial charge < -0.3 is 10.0 Å². The largest absolute Gasteiger partial charge is 0.416 e. The molecule has 3 nitrogen and oxygen atoms in total. The van der Waals surface area contributed by atoms with Crippen LogP contribution in [0, 0.1) is 0 Å². The van der Waals surface area contributed by atoms with Crippen molar-refractivity contribution >= 4 is 11.5 Å². The van der Waals surface area contributed by atoms with Crippen LogP contribution in [0.1, 0.15) is 41.5 Å². The molecule has 1 aliphatic heterocycles. The minimum atomic E-state index is -4.46. The fourth-order valence-corrected chi connectivity index (χ4v) is 4.49. The average molecular weight is 480 g/mol. The van der Waals surface area contributed by atoms with E-state index >= 15 is 0 Å². The van der Waals surface area contributed by atoms with Crippen LogP contribution in [0.25, 0.3) is 5.57 Å². The lowest BCUT2D eigenvalue weighted by Crippen LogP contribution is -2.44. The summed E-state index contributed by atoms with van der Waals surface area (Å²) in [6.07, 6.45) is -1.16. The van der Waals surface area contributed by atoms with E-state index in [1.807, 2.05) is 60.7 Å². The molecule has 0 aliphatic carbocycles. The van der Waals surface area contributed by atoms with Gasteiger partial charge in [-0.3, -0.25) is 4.79 Å². The van der Waals surface area contributed by atoms with Crippen molar-refractivity contribution in [1.29, 1.82) is 0 Å². The van der Waals surface area contributed by atoms with Gasteiger partial charge in [0.15, 0.2) is 0 Å². The minimum absolute atomic E-state index is 0.249. The molecule has 0 aromatic heterocycles. The maximum atomic E-state index is 13.3. The minimum Gasteiger partial charge on any atom is -0.385 e. The first kappa shape index (κ1) is 24.7. The number of benzene rings is 3. The van der Waals surface area contributed by atoms with Gasteiger partial charge in [-0.2, -0.15) is 13.2 Å². The Hall–Kier alpha value is -3.38. The number of likely N-dealkylation sites (tertiary alicyclic amines) is 1. The lowest BCUT2D eigenvalue weighted by Gasteiger charge is -2.38. The fourth-order valence-electron chi connectivity index (χ4n) is 4.49. The third-order valence-corrected chi connectivity index (χ3v) is 6.60. The van der Waals surface area contributed by atoms with Crippen molar-refractivity contribution in [1.82, 2.24) is 4.90 Å². The van der Waals surface area contributed by atoms with Crippen LogP contribution < -0.4 is 0 Å². The molecule has 0 spiro atoms. The fraction of sp³-hybridized carbons (Fsp3) is 0.276. The second-order valence-electron chi connectivity index (χ2n) is 8.96. The van der Waals surface area contributed by atoms with Gasteiger partial charge in [0, 0.05) is 19.2 Å². The number of aliphatic hydroxyl groups is 1. The van der Waals surface area contributed by atoms with Crippen molar-refractivity contribution in [3.05, 3.63) is 113 Å². The molecule has 35 heavy (non-hydrogen) atoms. The summed E-state index contributed by atoms with van der Waals surface area (Å²) in [5.74, 6) is -0.249. The number of carbonyl (C=O) groups is 1. The number of amides is 1. The van der Waals surface area contributed by atoms with Crippen LogP contribution in [-0.4, -0.2) is 29.0 Å². The molecule has 4 rings (SSSR count). The van der Waals surface area contributed by atoms with Gasteiger partial charge in [0.05, 0.1) is 11.2 Å². The molecule has 3 aromatic carbocycles. The summed E-state index contributed by atoms with van der Waals surface area (Å²) in [6.45, 7) is 0.741. The number of halogens is 3. The molecule has 1 fully saturated rings. The van der Waals surface area contributed by atoms with E-state index in [9.17, 15) is 23.1 Å². The molecule has 1 amide bonds. The molecular weight excluding hydrogens is 451 g/mol. The molecule has 3 aromatic rings. The van der Waals surface area contributed by atoms with Crippen LogP contribution in [0.15, 0.2) is 91.0 Å². The second kappa shape index (κ2) is 10.5. The summed E-state index contributed by atoms with van der Waals surface area (Å²) >= 11 is 0. The summed E-state index contributed by atoms with van der Waals surface area (Å²) < 4.78 is 40.0. The van der Waals surface area contributed by atoms with Crippen molar-refractivity contribution in [3.8, 4) is 0 Å². The van der Waals surface area contributed by atoms with Gasteiger partial charge in [-0.25, -0.2) is 0 Å². The molecule has 1 heterocycles. The summed E-state index contributed by atoms with van der Waals surface area (Å²) in [5, 5.41) is 11.1. The summed E-state index contributed by atoms with van der Waals surface area (Å²) in [4.78, 5) is 14.8. The predicted molar refractivity (Wildman–Crippen MR) is 130 cm³/mol. The average Bonchev–Trinajstić information content (AvgIpc) is 2.87. The lowest BCUT2D eigenvalue weighted by molar-refractivity contribution is -0.137. The van der Waals surface area contributed by atoms with Crippen molar-refractivity contribution in [3.63, 3.8) is 0 Å². The van der Waals surface area contributed by atoms with E-state index in [0.717, 1.165) is 23.3 Å². The van der Waals surface area contributed by atoms with Gasteiger partial charge in [0.25, 0.3) is 0 Å². The third-order valence-electron chi connectivity index (χ3n) is 6.60. The summed E-state index contributed by atoms with van der Waals surface area (Å²) in [6, 6.07) is 24.2. The van der Waals surface area contributed by atoms with Crippen LogP contribution in [0.5, 0.6) is 0 Å². The van der Waals surface area contributed by atoms with E-state index in [2.05, 4.69) is 0 Å². The van der Waals surface area contributed by atoms with Crippen LogP contribution in [0.4, 0.5) is 13.2 Å². The van der Waals surface area contributed by atoms with Gasteiger partial charge in [0.2, 0.25) is 5.91 Å². The smallest absolute Gasteiger partial charge is 0.385 e. The highest BCUT2D eigenvalue weighted by atomic mass is 19.4. The van der Waals surface area contributed by atoms with Gasteiger partial charge >= 0.3 is 6.18 Å². The van der Waals surface area contributed by atoms with Crippen molar-refractivity contribution in [2.75, 3.05) is 13.1 Å². The van der Waals surface area contributed by atoms with E-state index in [-0.39, 0.29) is 5.91 Å². The van der Waals surface area contributed by atoms with Gasteiger partial charge in [0.1, 0.15) is 0 Å². The molecule has 0 atom stereocenters. The standard InChI is InChI=1S/C29H28F3NO2/c30-29(31,32)26-13-7-10-23(20-26)24(15-14-22-8-3-1-4-9-22)21-27(34)33-18-16-28(35,17-19-33)25-11-5-2-6-12-25/h1-13,20-21,35H,14-19H2/b24-21-. The number of aryl methyl sites for hydroxylation is 1.